The number of amides is 3. The summed E-state index contributed by atoms with van der Waals surface area (Å²) in [6.07, 6.45) is 0.630. The molecule has 0 atom stereocenters. The highest BCUT2D eigenvalue weighted by molar-refractivity contribution is 7.09. The normalized spacial score (nSPS) is 10.1. The van der Waals surface area contributed by atoms with Crippen LogP contribution in [-0.2, 0) is 16.0 Å². The largest absolute Gasteiger partial charge is 0.452 e. The molecule has 142 valence electrons. The van der Waals surface area contributed by atoms with Crippen molar-refractivity contribution in [1.29, 1.82) is 0 Å². The van der Waals surface area contributed by atoms with Gasteiger partial charge in [0.2, 0.25) is 0 Å². The molecule has 10 heteroatoms. The summed E-state index contributed by atoms with van der Waals surface area (Å²) >= 11 is 1.56. The number of hydrogen-bond acceptors (Lipinski definition) is 7. The molecule has 0 aliphatic rings. The number of urea groups is 1. The Morgan fingerprint density at radius 1 is 1.22 bits per heavy atom. The van der Waals surface area contributed by atoms with Gasteiger partial charge in [-0.05, 0) is 30.9 Å². The van der Waals surface area contributed by atoms with Gasteiger partial charge < -0.3 is 10.1 Å². The van der Waals surface area contributed by atoms with Crippen LogP contribution in [0.1, 0.15) is 20.8 Å². The number of imide groups is 1. The van der Waals surface area contributed by atoms with E-state index in [1.807, 2.05) is 22.8 Å². The van der Waals surface area contributed by atoms with Crippen LogP contribution in [0.2, 0.25) is 0 Å². The van der Waals surface area contributed by atoms with Crippen LogP contribution in [0.5, 0.6) is 0 Å². The van der Waals surface area contributed by atoms with E-state index in [1.165, 1.54) is 25.1 Å². The van der Waals surface area contributed by atoms with Gasteiger partial charge in [0.05, 0.1) is 4.92 Å². The van der Waals surface area contributed by atoms with E-state index in [1.54, 1.807) is 11.3 Å². The molecule has 3 amide bonds. The zero-order chi connectivity index (χ0) is 19.8. The quantitative estimate of drug-likeness (QED) is 0.423. The SMILES string of the molecule is Cc1cccc(C(=O)OCC(=O)NC(=O)NCCc2cccs2)c1[N+](=O)[O-]. The Morgan fingerprint density at radius 2 is 2.00 bits per heavy atom. The van der Waals surface area contributed by atoms with E-state index in [0.717, 1.165) is 4.88 Å². The highest BCUT2D eigenvalue weighted by Gasteiger charge is 2.24. The number of hydrogen-bond donors (Lipinski definition) is 2. The van der Waals surface area contributed by atoms with Crippen molar-refractivity contribution in [3.63, 3.8) is 0 Å². The predicted molar refractivity (Wildman–Crippen MR) is 97.7 cm³/mol. The molecule has 0 fully saturated rings. The van der Waals surface area contributed by atoms with Gasteiger partial charge in [0.25, 0.3) is 11.6 Å². The minimum atomic E-state index is -1.02. The molecular weight excluding hydrogens is 374 g/mol. The third kappa shape index (κ3) is 5.89. The molecule has 0 bridgehead atoms. The highest BCUT2D eigenvalue weighted by Crippen LogP contribution is 2.23. The molecule has 2 aromatic rings. The maximum absolute atomic E-state index is 12.0. The van der Waals surface area contributed by atoms with Crippen LogP contribution < -0.4 is 10.6 Å². The van der Waals surface area contributed by atoms with Crippen LogP contribution >= 0.6 is 11.3 Å². The monoisotopic (exact) mass is 391 g/mol. The minimum absolute atomic E-state index is 0.256. The summed E-state index contributed by atoms with van der Waals surface area (Å²) in [4.78, 5) is 46.8. The van der Waals surface area contributed by atoms with Crippen LogP contribution in [0.15, 0.2) is 35.7 Å². The Bertz CT molecular complexity index is 850. The number of nitro groups is 1. The molecule has 27 heavy (non-hydrogen) atoms. The van der Waals surface area contributed by atoms with E-state index in [0.29, 0.717) is 18.5 Å². The number of aryl methyl sites for hydroxylation is 1. The van der Waals surface area contributed by atoms with E-state index in [4.69, 9.17) is 4.74 Å². The van der Waals surface area contributed by atoms with Crippen molar-refractivity contribution in [2.45, 2.75) is 13.3 Å². The summed E-state index contributed by atoms with van der Waals surface area (Å²) < 4.78 is 4.77. The van der Waals surface area contributed by atoms with Gasteiger partial charge in [0, 0.05) is 17.0 Å². The van der Waals surface area contributed by atoms with Crippen molar-refractivity contribution in [3.05, 3.63) is 61.8 Å². The second-order valence-electron chi connectivity index (χ2n) is 5.44. The molecule has 0 unspecified atom stereocenters. The summed E-state index contributed by atoms with van der Waals surface area (Å²) in [6, 6.07) is 7.31. The lowest BCUT2D eigenvalue weighted by Gasteiger charge is -2.08. The van der Waals surface area contributed by atoms with Gasteiger partial charge in [-0.1, -0.05) is 18.2 Å². The first-order valence-corrected chi connectivity index (χ1v) is 8.77. The fourth-order valence-corrected chi connectivity index (χ4v) is 2.94. The van der Waals surface area contributed by atoms with Gasteiger partial charge in [-0.15, -0.1) is 11.3 Å². The molecule has 0 aliphatic carbocycles. The second kappa shape index (κ2) is 9.43. The maximum atomic E-state index is 12.0. The number of esters is 1. The number of nitrogens with zero attached hydrogens (tertiary/aromatic N) is 1. The van der Waals surface area contributed by atoms with Crippen molar-refractivity contribution >= 4 is 34.9 Å². The number of rotatable bonds is 7. The van der Waals surface area contributed by atoms with Crippen LogP contribution in [0, 0.1) is 17.0 Å². The van der Waals surface area contributed by atoms with Crippen LogP contribution in [-0.4, -0.2) is 36.0 Å². The van der Waals surface area contributed by atoms with Gasteiger partial charge in [-0.2, -0.15) is 0 Å². The zero-order valence-electron chi connectivity index (χ0n) is 14.4. The Balaban J connectivity index is 1.79. The Morgan fingerprint density at radius 3 is 2.67 bits per heavy atom. The first-order valence-electron chi connectivity index (χ1n) is 7.89. The number of para-hydroxylation sites is 1. The smallest absolute Gasteiger partial charge is 0.345 e. The third-order valence-corrected chi connectivity index (χ3v) is 4.40. The number of nitrogens with one attached hydrogen (secondary N) is 2. The first kappa shape index (κ1) is 20.0. The zero-order valence-corrected chi connectivity index (χ0v) is 15.2. The summed E-state index contributed by atoms with van der Waals surface area (Å²) in [5, 5.41) is 17.5. The average Bonchev–Trinajstić information content (AvgIpc) is 3.12. The van der Waals surface area contributed by atoms with E-state index < -0.39 is 29.4 Å². The Hall–Kier alpha value is -3.27. The molecule has 1 aromatic carbocycles. The topological polar surface area (TPSA) is 128 Å². The summed E-state index contributed by atoms with van der Waals surface area (Å²) in [7, 11) is 0. The van der Waals surface area contributed by atoms with Gasteiger partial charge in [0.15, 0.2) is 6.61 Å². The third-order valence-electron chi connectivity index (χ3n) is 3.46. The molecule has 2 N–H and O–H groups in total. The molecule has 1 heterocycles. The molecule has 9 nitrogen and oxygen atoms in total. The van der Waals surface area contributed by atoms with Crippen molar-refractivity contribution in [2.75, 3.05) is 13.2 Å². The lowest BCUT2D eigenvalue weighted by molar-refractivity contribution is -0.385. The number of thiophene rings is 1. The standard InChI is InChI=1S/C17H17N3O6S/c1-11-4-2-6-13(15(11)20(24)25)16(22)26-10-14(21)19-17(23)18-8-7-12-5-3-9-27-12/h2-6,9H,7-8,10H2,1H3,(H2,18,19,21,23). The van der Waals surface area contributed by atoms with Gasteiger partial charge >= 0.3 is 12.0 Å². The second-order valence-corrected chi connectivity index (χ2v) is 6.47. The molecule has 0 saturated carbocycles. The van der Waals surface area contributed by atoms with Crippen molar-refractivity contribution in [1.82, 2.24) is 10.6 Å². The van der Waals surface area contributed by atoms with E-state index in [9.17, 15) is 24.5 Å². The fraction of sp³-hybridized carbons (Fsp3) is 0.235. The van der Waals surface area contributed by atoms with Crippen LogP contribution in [0.3, 0.4) is 0 Å². The summed E-state index contributed by atoms with van der Waals surface area (Å²) in [5.74, 6) is -1.86. The molecule has 0 aliphatic heterocycles. The summed E-state index contributed by atoms with van der Waals surface area (Å²) in [6.45, 7) is 1.10. The number of ether oxygens (including phenoxy) is 1. The molecule has 0 saturated heterocycles. The van der Waals surface area contributed by atoms with Gasteiger partial charge in [-0.25, -0.2) is 9.59 Å². The van der Waals surface area contributed by atoms with Gasteiger partial charge in [0.1, 0.15) is 5.56 Å². The highest BCUT2D eigenvalue weighted by atomic mass is 32.1. The fourth-order valence-electron chi connectivity index (χ4n) is 2.24. The van der Waals surface area contributed by atoms with Crippen LogP contribution in [0.4, 0.5) is 10.5 Å². The number of nitro benzene ring substituents is 1. The van der Waals surface area contributed by atoms with E-state index >= 15 is 0 Å². The predicted octanol–water partition coefficient (Wildman–Crippen LogP) is 2.19. The molecule has 0 spiro atoms. The summed E-state index contributed by atoms with van der Waals surface area (Å²) in [5.41, 5.74) is -0.341. The number of benzene rings is 1. The number of carbonyl (C=O) groups excluding carboxylic acids is 3. The minimum Gasteiger partial charge on any atom is -0.452 e. The van der Waals surface area contributed by atoms with E-state index in [-0.39, 0.29) is 11.3 Å². The van der Waals surface area contributed by atoms with Gasteiger partial charge in [-0.3, -0.25) is 20.2 Å². The van der Waals surface area contributed by atoms with Crippen molar-refractivity contribution in [3.8, 4) is 0 Å². The molecule has 2 rings (SSSR count). The lowest BCUT2D eigenvalue weighted by Crippen LogP contribution is -2.42. The lowest BCUT2D eigenvalue weighted by atomic mass is 10.1. The van der Waals surface area contributed by atoms with Crippen LogP contribution in [0.25, 0.3) is 0 Å². The molecule has 0 radical (unpaired) electrons. The molecular formula is C17H17N3O6S. The van der Waals surface area contributed by atoms with Crippen molar-refractivity contribution in [2.24, 2.45) is 0 Å². The number of carbonyl (C=O) groups is 3. The average molecular weight is 391 g/mol. The van der Waals surface area contributed by atoms with Crippen molar-refractivity contribution < 1.29 is 24.0 Å². The Labute approximate surface area is 158 Å². The molecule has 1 aromatic heterocycles. The Kier molecular flexibility index (Phi) is 7.00. The van der Waals surface area contributed by atoms with E-state index in [2.05, 4.69) is 5.32 Å². The maximum Gasteiger partial charge on any atom is 0.345 e. The first-order chi connectivity index (χ1) is 12.9.